The van der Waals surface area contributed by atoms with E-state index < -0.39 is 10.0 Å². The molecule has 5 N–H and O–H groups in total. The molecule has 1 rings (SSSR count). The molecule has 0 atom stereocenters. The van der Waals surface area contributed by atoms with E-state index in [1.165, 1.54) is 19.3 Å². The molecule has 0 heterocycles. The first-order chi connectivity index (χ1) is 8.81. The number of hydrogen-bond acceptors (Lipinski definition) is 4. The van der Waals surface area contributed by atoms with Crippen molar-refractivity contribution in [3.05, 3.63) is 35.5 Å². The summed E-state index contributed by atoms with van der Waals surface area (Å²) in [5.74, 6) is 0.249. The summed E-state index contributed by atoms with van der Waals surface area (Å²) >= 11 is 0. The molecule has 0 spiro atoms. The Kier molecular flexibility index (Phi) is 4.68. The van der Waals surface area contributed by atoms with Gasteiger partial charge >= 0.3 is 0 Å². The van der Waals surface area contributed by atoms with Crippen LogP contribution in [0.1, 0.15) is 12.5 Å². The molecule has 104 valence electrons. The first-order valence-corrected chi connectivity index (χ1v) is 7.07. The highest BCUT2D eigenvalue weighted by Gasteiger charge is 2.15. The highest BCUT2D eigenvalue weighted by molar-refractivity contribution is 7.89. The summed E-state index contributed by atoms with van der Waals surface area (Å²) in [6.07, 6.45) is 1.35. The fourth-order valence-corrected chi connectivity index (χ4v) is 2.36. The SMILES string of the molecule is CNS(=O)(=O)c1cc(N=C(N)C(C)=CN)ccc1C. The fourth-order valence-electron chi connectivity index (χ4n) is 1.37. The summed E-state index contributed by atoms with van der Waals surface area (Å²) in [6, 6.07) is 4.84. The van der Waals surface area contributed by atoms with Crippen LogP contribution in [-0.4, -0.2) is 21.3 Å². The molecule has 0 unspecified atom stereocenters. The van der Waals surface area contributed by atoms with Crippen molar-refractivity contribution >= 4 is 21.5 Å². The van der Waals surface area contributed by atoms with Crippen LogP contribution in [0.25, 0.3) is 0 Å². The van der Waals surface area contributed by atoms with Crippen LogP contribution in [0, 0.1) is 6.92 Å². The lowest BCUT2D eigenvalue weighted by molar-refractivity contribution is 0.587. The van der Waals surface area contributed by atoms with Crippen LogP contribution >= 0.6 is 0 Å². The Morgan fingerprint density at radius 2 is 2.05 bits per heavy atom. The Hall–Kier alpha value is -1.86. The monoisotopic (exact) mass is 282 g/mol. The number of aliphatic imine (C=N–C) groups is 1. The van der Waals surface area contributed by atoms with Crippen LogP contribution in [0.3, 0.4) is 0 Å². The van der Waals surface area contributed by atoms with Crippen molar-refractivity contribution in [3.8, 4) is 0 Å². The normalized spacial score (nSPS) is 13.6. The van der Waals surface area contributed by atoms with Gasteiger partial charge in [0.25, 0.3) is 0 Å². The van der Waals surface area contributed by atoms with Gasteiger partial charge in [-0.3, -0.25) is 0 Å². The van der Waals surface area contributed by atoms with Gasteiger partial charge in [0, 0.05) is 11.8 Å². The molecule has 0 aliphatic carbocycles. The lowest BCUT2D eigenvalue weighted by Crippen LogP contribution is -2.19. The minimum absolute atomic E-state index is 0.179. The van der Waals surface area contributed by atoms with Gasteiger partial charge in [0.1, 0.15) is 5.84 Å². The molecule has 0 aliphatic heterocycles. The largest absolute Gasteiger partial charge is 0.404 e. The van der Waals surface area contributed by atoms with Gasteiger partial charge in [-0.1, -0.05) is 6.07 Å². The van der Waals surface area contributed by atoms with E-state index in [0.717, 1.165) is 0 Å². The molecule has 19 heavy (non-hydrogen) atoms. The van der Waals surface area contributed by atoms with Crippen molar-refractivity contribution in [1.29, 1.82) is 0 Å². The zero-order valence-electron chi connectivity index (χ0n) is 11.1. The molecule has 0 bridgehead atoms. The quantitative estimate of drug-likeness (QED) is 0.559. The van der Waals surface area contributed by atoms with E-state index in [2.05, 4.69) is 9.71 Å². The summed E-state index contributed by atoms with van der Waals surface area (Å²) in [7, 11) is -2.15. The number of sulfonamides is 1. The van der Waals surface area contributed by atoms with Crippen molar-refractivity contribution in [3.63, 3.8) is 0 Å². The molecule has 0 saturated carbocycles. The number of rotatable bonds is 4. The lowest BCUT2D eigenvalue weighted by atomic mass is 10.2. The Morgan fingerprint density at radius 3 is 2.58 bits per heavy atom. The van der Waals surface area contributed by atoms with Crippen molar-refractivity contribution in [2.24, 2.45) is 16.5 Å². The summed E-state index contributed by atoms with van der Waals surface area (Å²) in [6.45, 7) is 3.43. The Bertz CT molecular complexity index is 633. The molecule has 0 radical (unpaired) electrons. The number of aryl methyl sites for hydroxylation is 1. The van der Waals surface area contributed by atoms with Crippen LogP contribution in [-0.2, 0) is 10.0 Å². The van der Waals surface area contributed by atoms with Gasteiger partial charge in [-0.25, -0.2) is 18.1 Å². The third kappa shape index (κ3) is 3.55. The van der Waals surface area contributed by atoms with E-state index in [4.69, 9.17) is 11.5 Å². The predicted molar refractivity (Wildman–Crippen MR) is 76.7 cm³/mol. The summed E-state index contributed by atoms with van der Waals surface area (Å²) < 4.78 is 25.9. The van der Waals surface area contributed by atoms with Gasteiger partial charge in [-0.05, 0) is 38.6 Å². The maximum atomic E-state index is 11.8. The van der Waals surface area contributed by atoms with E-state index in [9.17, 15) is 8.42 Å². The maximum absolute atomic E-state index is 11.8. The molecule has 6 nitrogen and oxygen atoms in total. The number of hydrogen-bond donors (Lipinski definition) is 3. The Labute approximate surface area is 113 Å². The minimum atomic E-state index is -3.51. The molecule has 7 heteroatoms. The zero-order chi connectivity index (χ0) is 14.6. The highest BCUT2D eigenvalue weighted by Crippen LogP contribution is 2.22. The highest BCUT2D eigenvalue weighted by atomic mass is 32.2. The average molecular weight is 282 g/mol. The van der Waals surface area contributed by atoms with Crippen molar-refractivity contribution in [1.82, 2.24) is 4.72 Å². The molecular formula is C12H18N4O2S. The zero-order valence-corrected chi connectivity index (χ0v) is 12.0. The summed E-state index contributed by atoms with van der Waals surface area (Å²) in [4.78, 5) is 4.31. The molecular weight excluding hydrogens is 264 g/mol. The number of nitrogens with two attached hydrogens (primary N) is 2. The van der Waals surface area contributed by atoms with E-state index in [-0.39, 0.29) is 10.7 Å². The van der Waals surface area contributed by atoms with Gasteiger partial charge in [0.05, 0.1) is 10.6 Å². The minimum Gasteiger partial charge on any atom is -0.404 e. The standard InChI is InChI=1S/C12H18N4O2S/c1-8-4-5-10(16-12(14)9(2)7-13)6-11(8)19(17,18)15-3/h4-7,15H,13H2,1-3H3,(H2,14,16). The average Bonchev–Trinajstić information content (AvgIpc) is 2.39. The van der Waals surface area contributed by atoms with Gasteiger partial charge in [0.2, 0.25) is 10.0 Å². The number of benzene rings is 1. The van der Waals surface area contributed by atoms with Crippen LogP contribution in [0.5, 0.6) is 0 Å². The van der Waals surface area contributed by atoms with Gasteiger partial charge in [-0.2, -0.15) is 0 Å². The first-order valence-electron chi connectivity index (χ1n) is 5.59. The first kappa shape index (κ1) is 15.2. The molecule has 0 saturated heterocycles. The van der Waals surface area contributed by atoms with Gasteiger partial charge in [-0.15, -0.1) is 0 Å². The van der Waals surface area contributed by atoms with Gasteiger partial charge < -0.3 is 11.5 Å². The second kappa shape index (κ2) is 5.85. The topological polar surface area (TPSA) is 111 Å². The van der Waals surface area contributed by atoms with E-state index in [1.807, 2.05) is 0 Å². The van der Waals surface area contributed by atoms with Crippen LogP contribution in [0.2, 0.25) is 0 Å². The second-order valence-electron chi connectivity index (χ2n) is 4.00. The molecule has 0 fully saturated rings. The third-order valence-electron chi connectivity index (χ3n) is 2.63. The molecule has 1 aromatic carbocycles. The summed E-state index contributed by atoms with van der Waals surface area (Å²) in [5.41, 5.74) is 12.8. The van der Waals surface area contributed by atoms with Crippen molar-refractivity contribution in [2.75, 3.05) is 7.05 Å². The number of nitrogens with one attached hydrogen (secondary N) is 1. The predicted octanol–water partition coefficient (Wildman–Crippen LogP) is 0.754. The van der Waals surface area contributed by atoms with Crippen molar-refractivity contribution < 1.29 is 8.42 Å². The Morgan fingerprint density at radius 1 is 1.42 bits per heavy atom. The molecule has 1 aromatic rings. The Balaban J connectivity index is 3.33. The number of nitrogens with zero attached hydrogens (tertiary/aromatic N) is 1. The van der Waals surface area contributed by atoms with Crippen LogP contribution in [0.15, 0.2) is 39.9 Å². The van der Waals surface area contributed by atoms with Gasteiger partial charge in [0.15, 0.2) is 0 Å². The summed E-state index contributed by atoms with van der Waals surface area (Å²) in [5, 5.41) is 0. The van der Waals surface area contributed by atoms with Crippen LogP contribution in [0.4, 0.5) is 5.69 Å². The second-order valence-corrected chi connectivity index (χ2v) is 5.86. The van der Waals surface area contributed by atoms with E-state index >= 15 is 0 Å². The third-order valence-corrected chi connectivity index (χ3v) is 4.19. The smallest absolute Gasteiger partial charge is 0.240 e. The molecule has 0 aliphatic rings. The number of amidine groups is 1. The fraction of sp³-hybridized carbons (Fsp3) is 0.250. The van der Waals surface area contributed by atoms with Crippen LogP contribution < -0.4 is 16.2 Å². The van der Waals surface area contributed by atoms with E-state index in [0.29, 0.717) is 16.8 Å². The molecule has 0 amide bonds. The van der Waals surface area contributed by atoms with E-state index in [1.54, 1.807) is 26.0 Å². The maximum Gasteiger partial charge on any atom is 0.240 e. The lowest BCUT2D eigenvalue weighted by Gasteiger charge is -2.07. The molecule has 0 aromatic heterocycles. The van der Waals surface area contributed by atoms with Crippen molar-refractivity contribution in [2.45, 2.75) is 18.7 Å².